The normalized spacial score (nSPS) is 11.0. The zero-order valence-corrected chi connectivity index (χ0v) is 18.6. The van der Waals surface area contributed by atoms with Crippen molar-refractivity contribution in [2.24, 2.45) is 0 Å². The molecule has 9 heteroatoms. The van der Waals surface area contributed by atoms with Crippen LogP contribution >= 0.6 is 11.8 Å². The van der Waals surface area contributed by atoms with Crippen LogP contribution in [0.2, 0.25) is 0 Å². The molecule has 3 aromatic rings. The van der Waals surface area contributed by atoms with Crippen LogP contribution < -0.4 is 10.6 Å². The molecule has 164 valence electrons. The molecular formula is C22H26FN5O2S. The zero-order chi connectivity index (χ0) is 22.4. The van der Waals surface area contributed by atoms with Crippen LogP contribution in [0.15, 0.2) is 53.7 Å². The average molecular weight is 444 g/mol. The molecule has 0 unspecified atom stereocenters. The first-order chi connectivity index (χ1) is 14.8. The molecule has 2 N–H and O–H groups in total. The van der Waals surface area contributed by atoms with Crippen molar-refractivity contribution in [3.05, 3.63) is 71.3 Å². The van der Waals surface area contributed by atoms with Gasteiger partial charge in [0.05, 0.1) is 5.75 Å². The second-order valence-electron chi connectivity index (χ2n) is 7.45. The van der Waals surface area contributed by atoms with Gasteiger partial charge in [0.25, 0.3) is 0 Å². The number of hydrogen-bond acceptors (Lipinski definition) is 6. The summed E-state index contributed by atoms with van der Waals surface area (Å²) in [5.41, 5.74) is 2.09. The summed E-state index contributed by atoms with van der Waals surface area (Å²) in [6.45, 7) is 4.84. The van der Waals surface area contributed by atoms with E-state index in [1.165, 1.54) is 34.1 Å². The van der Waals surface area contributed by atoms with Crippen molar-refractivity contribution >= 4 is 17.7 Å². The third-order valence-electron chi connectivity index (χ3n) is 4.73. The number of thioether (sulfide) groups is 1. The molecule has 1 amide bonds. The number of benzene rings is 2. The maximum atomic E-state index is 13.0. The number of ether oxygens (including phenoxy) is 1. The summed E-state index contributed by atoms with van der Waals surface area (Å²) in [4.78, 5) is 14.0. The molecule has 0 aliphatic carbocycles. The molecule has 1 heterocycles. The van der Waals surface area contributed by atoms with Crippen molar-refractivity contribution in [1.29, 1.82) is 0 Å². The smallest absolute Gasteiger partial charge is 0.233 e. The lowest BCUT2D eigenvalue weighted by molar-refractivity contribution is -0.127. The lowest BCUT2D eigenvalue weighted by Gasteiger charge is -2.17. The van der Waals surface area contributed by atoms with Crippen molar-refractivity contribution in [3.8, 4) is 5.75 Å². The maximum absolute atomic E-state index is 13.0. The summed E-state index contributed by atoms with van der Waals surface area (Å²) >= 11 is 1.20. The molecule has 31 heavy (non-hydrogen) atoms. The Labute approximate surface area is 185 Å². The second-order valence-corrected chi connectivity index (χ2v) is 8.39. The molecule has 0 aliphatic rings. The van der Waals surface area contributed by atoms with E-state index >= 15 is 0 Å². The molecule has 2 aromatic carbocycles. The van der Waals surface area contributed by atoms with Crippen molar-refractivity contribution in [1.82, 2.24) is 19.8 Å². The van der Waals surface area contributed by atoms with Crippen LogP contribution in [0, 0.1) is 5.82 Å². The van der Waals surface area contributed by atoms with E-state index in [1.807, 2.05) is 24.3 Å². The first-order valence-corrected chi connectivity index (χ1v) is 10.9. The number of nitrogen functional groups attached to an aromatic ring is 1. The number of carbonyl (C=O) groups is 1. The van der Waals surface area contributed by atoms with Crippen LogP contribution in [-0.4, -0.2) is 38.5 Å². The van der Waals surface area contributed by atoms with Crippen molar-refractivity contribution in [2.45, 2.75) is 38.1 Å². The number of nitrogens with zero attached hydrogens (tertiary/aromatic N) is 4. The largest absolute Gasteiger partial charge is 0.486 e. The summed E-state index contributed by atoms with van der Waals surface area (Å²) in [6, 6.07) is 14.0. The molecule has 0 saturated heterocycles. The Morgan fingerprint density at radius 3 is 2.48 bits per heavy atom. The predicted molar refractivity (Wildman–Crippen MR) is 119 cm³/mol. The number of halogens is 1. The highest BCUT2D eigenvalue weighted by molar-refractivity contribution is 7.99. The van der Waals surface area contributed by atoms with Gasteiger partial charge in [-0.1, -0.05) is 49.9 Å². The summed E-state index contributed by atoms with van der Waals surface area (Å²) in [5, 5.41) is 8.53. The first-order valence-electron chi connectivity index (χ1n) is 9.87. The number of hydrogen-bond donors (Lipinski definition) is 1. The molecular weight excluding hydrogens is 417 g/mol. The number of rotatable bonds is 9. The highest BCUT2D eigenvalue weighted by Crippen LogP contribution is 2.20. The van der Waals surface area contributed by atoms with Gasteiger partial charge in [0.1, 0.15) is 18.2 Å². The third-order valence-corrected chi connectivity index (χ3v) is 5.66. The monoisotopic (exact) mass is 443 g/mol. The van der Waals surface area contributed by atoms with Gasteiger partial charge in [-0.2, -0.15) is 0 Å². The van der Waals surface area contributed by atoms with Crippen molar-refractivity contribution < 1.29 is 13.9 Å². The van der Waals surface area contributed by atoms with Crippen LogP contribution in [0.5, 0.6) is 5.75 Å². The molecule has 0 atom stereocenters. The summed E-state index contributed by atoms with van der Waals surface area (Å²) in [6.07, 6.45) is 0. The van der Waals surface area contributed by atoms with Gasteiger partial charge in [0.15, 0.2) is 5.82 Å². The van der Waals surface area contributed by atoms with Gasteiger partial charge in [-0.05, 0) is 41.3 Å². The SMILES string of the molecule is CC(C)c1ccc(OCc2nnc(SCC(=O)N(C)Cc3ccc(F)cc3)n2N)cc1. The molecule has 0 radical (unpaired) electrons. The number of carbonyl (C=O) groups excluding carboxylic acids is 1. The Morgan fingerprint density at radius 2 is 1.84 bits per heavy atom. The minimum Gasteiger partial charge on any atom is -0.486 e. The minimum atomic E-state index is -0.303. The van der Waals surface area contributed by atoms with Gasteiger partial charge >= 0.3 is 0 Å². The molecule has 0 aliphatic heterocycles. The molecule has 0 spiro atoms. The van der Waals surface area contributed by atoms with E-state index in [1.54, 1.807) is 24.1 Å². The first kappa shape index (κ1) is 22.6. The highest BCUT2D eigenvalue weighted by atomic mass is 32.2. The Balaban J connectivity index is 1.50. The number of amides is 1. The van der Waals surface area contributed by atoms with Crippen LogP contribution in [0.25, 0.3) is 0 Å². The fraction of sp³-hybridized carbons (Fsp3) is 0.318. The van der Waals surface area contributed by atoms with Gasteiger partial charge in [0, 0.05) is 13.6 Å². The Bertz CT molecular complexity index is 1010. The lowest BCUT2D eigenvalue weighted by Crippen LogP contribution is -2.28. The van der Waals surface area contributed by atoms with E-state index in [-0.39, 0.29) is 24.1 Å². The summed E-state index contributed by atoms with van der Waals surface area (Å²) < 4.78 is 20.1. The van der Waals surface area contributed by atoms with Crippen LogP contribution in [0.3, 0.4) is 0 Å². The zero-order valence-electron chi connectivity index (χ0n) is 17.8. The minimum absolute atomic E-state index is 0.0969. The van der Waals surface area contributed by atoms with E-state index < -0.39 is 0 Å². The van der Waals surface area contributed by atoms with Gasteiger partial charge in [-0.15, -0.1) is 10.2 Å². The van der Waals surface area contributed by atoms with Crippen LogP contribution in [0.4, 0.5) is 4.39 Å². The van der Waals surface area contributed by atoms with Crippen molar-refractivity contribution in [2.75, 3.05) is 18.6 Å². The lowest BCUT2D eigenvalue weighted by atomic mass is 10.0. The third kappa shape index (κ3) is 6.21. The number of aromatic nitrogens is 3. The second kappa shape index (κ2) is 10.3. The molecule has 3 rings (SSSR count). The van der Waals surface area contributed by atoms with E-state index in [0.29, 0.717) is 23.4 Å². The van der Waals surface area contributed by atoms with Crippen LogP contribution in [0.1, 0.15) is 36.7 Å². The molecule has 1 aromatic heterocycles. The molecule has 0 fully saturated rings. The Hall–Kier alpha value is -3.07. The van der Waals surface area contributed by atoms with Gasteiger partial charge in [0.2, 0.25) is 11.1 Å². The van der Waals surface area contributed by atoms with Gasteiger partial charge in [-0.25, -0.2) is 9.07 Å². The molecule has 0 saturated carbocycles. The number of nitrogens with two attached hydrogens (primary N) is 1. The van der Waals surface area contributed by atoms with Gasteiger partial charge in [-0.3, -0.25) is 4.79 Å². The quantitative estimate of drug-likeness (QED) is 0.402. The van der Waals surface area contributed by atoms with Gasteiger partial charge < -0.3 is 15.5 Å². The fourth-order valence-corrected chi connectivity index (χ4v) is 3.61. The van der Waals surface area contributed by atoms with E-state index in [9.17, 15) is 9.18 Å². The summed E-state index contributed by atoms with van der Waals surface area (Å²) in [7, 11) is 1.70. The Morgan fingerprint density at radius 1 is 1.16 bits per heavy atom. The molecule has 0 bridgehead atoms. The predicted octanol–water partition coefficient (Wildman–Crippen LogP) is 3.58. The van der Waals surface area contributed by atoms with E-state index in [4.69, 9.17) is 10.6 Å². The van der Waals surface area contributed by atoms with Crippen molar-refractivity contribution in [3.63, 3.8) is 0 Å². The highest BCUT2D eigenvalue weighted by Gasteiger charge is 2.15. The fourth-order valence-electron chi connectivity index (χ4n) is 2.79. The standard InChI is InChI=1S/C22H26FN5O2S/c1-15(2)17-6-10-19(11-7-17)30-13-20-25-26-22(28(20)24)31-14-21(29)27(3)12-16-4-8-18(23)9-5-16/h4-11,15H,12-14,24H2,1-3H3. The molecule has 7 nitrogen and oxygen atoms in total. The summed E-state index contributed by atoms with van der Waals surface area (Å²) in [5.74, 6) is 7.46. The van der Waals surface area contributed by atoms with E-state index in [0.717, 1.165) is 11.3 Å². The van der Waals surface area contributed by atoms with Crippen LogP contribution in [-0.2, 0) is 17.9 Å². The topological polar surface area (TPSA) is 86.3 Å². The van der Waals surface area contributed by atoms with E-state index in [2.05, 4.69) is 24.0 Å². The average Bonchev–Trinajstić information content (AvgIpc) is 3.11. The Kier molecular flexibility index (Phi) is 7.51. The maximum Gasteiger partial charge on any atom is 0.233 e.